The quantitative estimate of drug-likeness (QED) is 0.570. The predicted molar refractivity (Wildman–Crippen MR) is 121 cm³/mol. The van der Waals surface area contributed by atoms with Gasteiger partial charge in [0.15, 0.2) is 0 Å². The first-order valence-electron chi connectivity index (χ1n) is 10.4. The van der Waals surface area contributed by atoms with Crippen LogP contribution in [0.15, 0.2) is 60.6 Å². The van der Waals surface area contributed by atoms with E-state index >= 15 is 0 Å². The molecule has 0 radical (unpaired) electrons. The summed E-state index contributed by atoms with van der Waals surface area (Å²) in [6.45, 7) is 13.3. The molecule has 2 heteroatoms. The van der Waals surface area contributed by atoms with Gasteiger partial charge in [-0.15, -0.1) is 0 Å². The van der Waals surface area contributed by atoms with Gasteiger partial charge >= 0.3 is 0 Å². The normalized spacial score (nSPS) is 18.0. The molecule has 0 atom stereocenters. The average molecular weight is 371 g/mol. The molecular weight excluding hydrogens is 340 g/mol. The van der Waals surface area contributed by atoms with E-state index in [1.165, 1.54) is 52.7 Å². The van der Waals surface area contributed by atoms with E-state index in [1.807, 2.05) is 0 Å². The molecule has 2 aromatic carbocycles. The largest absolute Gasteiger partial charge is 0.299 e. The van der Waals surface area contributed by atoms with Gasteiger partial charge in [0, 0.05) is 12.8 Å². The van der Waals surface area contributed by atoms with E-state index in [1.54, 1.807) is 12.3 Å². The minimum Gasteiger partial charge on any atom is -0.299 e. The van der Waals surface area contributed by atoms with E-state index in [9.17, 15) is 0 Å². The topological polar surface area (TPSA) is 15.6 Å². The van der Waals surface area contributed by atoms with Gasteiger partial charge in [0.25, 0.3) is 0 Å². The van der Waals surface area contributed by atoms with Crippen LogP contribution in [-0.4, -0.2) is 24.2 Å². The first-order chi connectivity index (χ1) is 13.6. The molecule has 0 amide bonds. The Kier molecular flexibility index (Phi) is 5.59. The number of rotatable bonds is 5. The van der Waals surface area contributed by atoms with Gasteiger partial charge in [0.2, 0.25) is 0 Å². The minimum atomic E-state index is 0.696. The van der Waals surface area contributed by atoms with Crippen molar-refractivity contribution in [3.63, 3.8) is 0 Å². The molecule has 0 N–H and O–H groups in total. The minimum absolute atomic E-state index is 0.696. The Balaban J connectivity index is 1.38. The van der Waals surface area contributed by atoms with Crippen molar-refractivity contribution in [3.05, 3.63) is 83.4 Å². The van der Waals surface area contributed by atoms with Gasteiger partial charge in [-0.25, -0.2) is 0 Å². The lowest BCUT2D eigenvalue weighted by Gasteiger charge is -2.32. The lowest BCUT2D eigenvalue weighted by atomic mass is 9.87. The van der Waals surface area contributed by atoms with Crippen LogP contribution in [-0.2, 0) is 13.0 Å². The average Bonchev–Trinajstić information content (AvgIpc) is 3.09. The Labute approximate surface area is 169 Å². The first kappa shape index (κ1) is 18.9. The highest BCUT2D eigenvalue weighted by Crippen LogP contribution is 2.35. The number of hydrogen-bond acceptors (Lipinski definition) is 2. The molecule has 0 unspecified atom stereocenters. The van der Waals surface area contributed by atoms with Crippen molar-refractivity contribution in [1.82, 2.24) is 4.90 Å². The number of benzene rings is 2. The van der Waals surface area contributed by atoms with Gasteiger partial charge in [-0.3, -0.25) is 9.89 Å². The number of allylic oxidation sites excluding steroid dienone is 2. The van der Waals surface area contributed by atoms with Crippen LogP contribution in [0.3, 0.4) is 0 Å². The molecule has 2 aliphatic rings. The SMILES string of the molecule is C=CC=Nc1cc(CN2CCC(c3ccc4c(c3)CCC4=C)CC2)ccc1C. The maximum Gasteiger partial charge on any atom is 0.0661 e. The second kappa shape index (κ2) is 8.28. The second-order valence-corrected chi connectivity index (χ2v) is 8.21. The number of aryl methyl sites for hydroxylation is 2. The standard InChI is InChI=1S/C26H30N2/c1-4-13-27-26-16-21(7-5-20(26)3)18-28-14-11-22(12-15-28)23-9-10-25-19(2)6-8-24(25)17-23/h4-5,7,9-10,13,16-17,22H,1-2,6,8,11-12,14-15,18H2,3H3. The van der Waals surface area contributed by atoms with E-state index in [0.29, 0.717) is 5.92 Å². The van der Waals surface area contributed by atoms with Gasteiger partial charge in [0.1, 0.15) is 0 Å². The summed E-state index contributed by atoms with van der Waals surface area (Å²) in [5.74, 6) is 0.696. The van der Waals surface area contributed by atoms with Gasteiger partial charge in [-0.05, 0) is 91.1 Å². The van der Waals surface area contributed by atoms with Crippen LogP contribution < -0.4 is 0 Å². The molecule has 28 heavy (non-hydrogen) atoms. The predicted octanol–water partition coefficient (Wildman–Crippen LogP) is 6.22. The van der Waals surface area contributed by atoms with Crippen molar-refractivity contribution in [2.24, 2.45) is 4.99 Å². The van der Waals surface area contributed by atoms with E-state index in [-0.39, 0.29) is 0 Å². The number of fused-ring (bicyclic) bond motifs is 1. The molecule has 1 aliphatic heterocycles. The molecule has 144 valence electrons. The third-order valence-electron chi connectivity index (χ3n) is 6.26. The molecular formula is C26H30N2. The molecule has 0 spiro atoms. The zero-order chi connectivity index (χ0) is 19.5. The van der Waals surface area contributed by atoms with Gasteiger partial charge in [-0.1, -0.05) is 49.6 Å². The van der Waals surface area contributed by atoms with Gasteiger partial charge in [0.05, 0.1) is 5.69 Å². The van der Waals surface area contributed by atoms with Crippen LogP contribution in [0.1, 0.15) is 53.0 Å². The number of likely N-dealkylation sites (tertiary alicyclic amines) is 1. The Morgan fingerprint density at radius 1 is 1.11 bits per heavy atom. The molecule has 0 bridgehead atoms. The number of nitrogens with zero attached hydrogens (tertiary/aromatic N) is 2. The van der Waals surface area contributed by atoms with Crippen molar-refractivity contribution in [1.29, 1.82) is 0 Å². The van der Waals surface area contributed by atoms with Crippen molar-refractivity contribution in [3.8, 4) is 0 Å². The van der Waals surface area contributed by atoms with Crippen LogP contribution in [0, 0.1) is 6.92 Å². The second-order valence-electron chi connectivity index (χ2n) is 8.21. The highest BCUT2D eigenvalue weighted by atomic mass is 15.1. The van der Waals surface area contributed by atoms with E-state index in [4.69, 9.17) is 0 Å². The molecule has 1 saturated heterocycles. The Morgan fingerprint density at radius 3 is 2.71 bits per heavy atom. The number of piperidine rings is 1. The van der Waals surface area contributed by atoms with E-state index < -0.39 is 0 Å². The molecule has 2 nitrogen and oxygen atoms in total. The molecule has 1 aliphatic carbocycles. The third-order valence-corrected chi connectivity index (χ3v) is 6.26. The zero-order valence-corrected chi connectivity index (χ0v) is 17.0. The Morgan fingerprint density at radius 2 is 1.93 bits per heavy atom. The molecule has 2 aromatic rings. The summed E-state index contributed by atoms with van der Waals surface area (Å²) < 4.78 is 0. The van der Waals surface area contributed by atoms with E-state index in [2.05, 4.69) is 66.4 Å². The highest BCUT2D eigenvalue weighted by Gasteiger charge is 2.23. The molecule has 0 aromatic heterocycles. The van der Waals surface area contributed by atoms with Gasteiger partial charge < -0.3 is 0 Å². The van der Waals surface area contributed by atoms with Crippen LogP contribution in [0.2, 0.25) is 0 Å². The first-order valence-corrected chi connectivity index (χ1v) is 10.4. The summed E-state index contributed by atoms with van der Waals surface area (Å²) >= 11 is 0. The molecule has 1 fully saturated rings. The van der Waals surface area contributed by atoms with Crippen molar-refractivity contribution >= 4 is 17.5 Å². The summed E-state index contributed by atoms with van der Waals surface area (Å²) in [4.78, 5) is 7.08. The van der Waals surface area contributed by atoms with Crippen molar-refractivity contribution < 1.29 is 0 Å². The van der Waals surface area contributed by atoms with Crippen molar-refractivity contribution in [2.45, 2.75) is 45.1 Å². The van der Waals surface area contributed by atoms with Crippen LogP contribution >= 0.6 is 0 Å². The lowest BCUT2D eigenvalue weighted by Crippen LogP contribution is -2.32. The lowest BCUT2D eigenvalue weighted by molar-refractivity contribution is 0.204. The fourth-order valence-electron chi connectivity index (χ4n) is 4.55. The maximum atomic E-state index is 4.50. The van der Waals surface area contributed by atoms with Crippen molar-refractivity contribution in [2.75, 3.05) is 13.1 Å². The van der Waals surface area contributed by atoms with Gasteiger partial charge in [-0.2, -0.15) is 0 Å². The van der Waals surface area contributed by atoms with Crippen LogP contribution in [0.5, 0.6) is 0 Å². The number of aliphatic imine (C=N–C) groups is 1. The summed E-state index contributed by atoms with van der Waals surface area (Å²) in [5.41, 5.74) is 9.35. The smallest absolute Gasteiger partial charge is 0.0661 e. The third kappa shape index (κ3) is 4.02. The zero-order valence-electron chi connectivity index (χ0n) is 17.0. The van der Waals surface area contributed by atoms with Crippen LogP contribution in [0.25, 0.3) is 5.57 Å². The highest BCUT2D eigenvalue weighted by molar-refractivity contribution is 5.74. The number of hydrogen-bond donors (Lipinski definition) is 0. The monoisotopic (exact) mass is 370 g/mol. The fraction of sp³-hybridized carbons (Fsp3) is 0.346. The summed E-state index contributed by atoms with van der Waals surface area (Å²) in [7, 11) is 0. The molecule has 1 heterocycles. The van der Waals surface area contributed by atoms with E-state index in [0.717, 1.165) is 31.7 Å². The summed E-state index contributed by atoms with van der Waals surface area (Å²) in [5, 5.41) is 0. The van der Waals surface area contributed by atoms with Crippen LogP contribution in [0.4, 0.5) is 5.69 Å². The molecule has 4 rings (SSSR count). The summed E-state index contributed by atoms with van der Waals surface area (Å²) in [6.07, 6.45) is 8.28. The maximum absolute atomic E-state index is 4.50. The Bertz CT molecular complexity index is 914. The summed E-state index contributed by atoms with van der Waals surface area (Å²) in [6, 6.07) is 13.7. The fourth-order valence-corrected chi connectivity index (χ4v) is 4.55. The molecule has 0 saturated carbocycles. The Hall–Kier alpha value is -2.45.